The first-order valence-electron chi connectivity index (χ1n) is 7.93. The highest BCUT2D eigenvalue weighted by molar-refractivity contribution is 5.79. The molecular formula is C16H22N4O3. The fourth-order valence-electron chi connectivity index (χ4n) is 2.95. The summed E-state index contributed by atoms with van der Waals surface area (Å²) in [5.74, 6) is 0.549. The van der Waals surface area contributed by atoms with Gasteiger partial charge in [0, 0.05) is 37.0 Å². The molecule has 0 radical (unpaired) electrons. The van der Waals surface area contributed by atoms with E-state index in [1.165, 1.54) is 0 Å². The van der Waals surface area contributed by atoms with Crippen LogP contribution < -0.4 is 5.32 Å². The maximum absolute atomic E-state index is 12.6. The van der Waals surface area contributed by atoms with Crippen LogP contribution in [0.3, 0.4) is 0 Å². The summed E-state index contributed by atoms with van der Waals surface area (Å²) in [6.07, 6.45) is 4.23. The van der Waals surface area contributed by atoms with Crippen molar-refractivity contribution in [3.63, 3.8) is 0 Å². The Morgan fingerprint density at radius 2 is 2.30 bits per heavy atom. The van der Waals surface area contributed by atoms with Crippen molar-refractivity contribution < 1.29 is 14.1 Å². The van der Waals surface area contributed by atoms with Crippen LogP contribution in [0.25, 0.3) is 0 Å². The van der Waals surface area contributed by atoms with Crippen LogP contribution in [0.5, 0.6) is 0 Å². The number of hydrogen-bond donors (Lipinski definition) is 1. The number of carbonyl (C=O) groups excluding carboxylic acids is 1. The van der Waals surface area contributed by atoms with E-state index in [-0.39, 0.29) is 17.9 Å². The smallest absolute Gasteiger partial charge is 0.226 e. The minimum absolute atomic E-state index is 0.00301. The lowest BCUT2D eigenvalue weighted by Gasteiger charge is -2.17. The van der Waals surface area contributed by atoms with E-state index in [4.69, 9.17) is 9.26 Å². The average Bonchev–Trinajstić information content (AvgIpc) is 3.25. The number of nitrogens with one attached hydrogen (secondary N) is 1. The molecular weight excluding hydrogens is 296 g/mol. The number of ether oxygens (including phenoxy) is 1. The lowest BCUT2D eigenvalue weighted by atomic mass is 9.96. The van der Waals surface area contributed by atoms with Crippen molar-refractivity contribution in [2.75, 3.05) is 6.61 Å². The van der Waals surface area contributed by atoms with Crippen molar-refractivity contribution in [3.8, 4) is 0 Å². The minimum atomic E-state index is -0.222. The van der Waals surface area contributed by atoms with E-state index < -0.39 is 0 Å². The summed E-state index contributed by atoms with van der Waals surface area (Å²) in [6, 6.07) is 0. The molecule has 1 aliphatic heterocycles. The molecule has 1 amide bonds. The van der Waals surface area contributed by atoms with Crippen LogP contribution in [0.4, 0.5) is 0 Å². The first kappa shape index (κ1) is 15.7. The van der Waals surface area contributed by atoms with Gasteiger partial charge in [-0.05, 0) is 27.2 Å². The summed E-state index contributed by atoms with van der Waals surface area (Å²) in [6.45, 7) is 7.57. The van der Waals surface area contributed by atoms with Crippen molar-refractivity contribution in [1.29, 1.82) is 0 Å². The SMILES string of the molecule is CCn1cc([C@H]2OCC[C@@H]2C(=O)NCc2c(C)noc2C)cn1. The molecule has 0 unspecified atom stereocenters. The van der Waals surface area contributed by atoms with E-state index in [2.05, 4.69) is 15.6 Å². The first-order chi connectivity index (χ1) is 11.1. The molecule has 2 atom stereocenters. The van der Waals surface area contributed by atoms with Crippen LogP contribution in [0.1, 0.15) is 42.0 Å². The lowest BCUT2D eigenvalue weighted by molar-refractivity contribution is -0.126. The molecule has 1 N–H and O–H groups in total. The molecule has 7 heteroatoms. The van der Waals surface area contributed by atoms with Gasteiger partial charge in [-0.25, -0.2) is 0 Å². The van der Waals surface area contributed by atoms with Crippen LogP contribution >= 0.6 is 0 Å². The third-order valence-electron chi connectivity index (χ3n) is 4.35. The van der Waals surface area contributed by atoms with E-state index in [0.717, 1.165) is 35.5 Å². The number of carbonyl (C=O) groups is 1. The Balaban J connectivity index is 1.66. The lowest BCUT2D eigenvalue weighted by Crippen LogP contribution is -2.32. The fourth-order valence-corrected chi connectivity index (χ4v) is 2.95. The van der Waals surface area contributed by atoms with Gasteiger partial charge < -0.3 is 14.6 Å². The van der Waals surface area contributed by atoms with Gasteiger partial charge in [0.25, 0.3) is 0 Å². The second-order valence-corrected chi connectivity index (χ2v) is 5.84. The van der Waals surface area contributed by atoms with E-state index >= 15 is 0 Å². The van der Waals surface area contributed by atoms with E-state index in [0.29, 0.717) is 13.2 Å². The zero-order valence-corrected chi connectivity index (χ0v) is 13.7. The number of rotatable bonds is 5. The molecule has 1 saturated heterocycles. The van der Waals surface area contributed by atoms with Crippen molar-refractivity contribution in [3.05, 3.63) is 35.0 Å². The molecule has 3 rings (SSSR count). The van der Waals surface area contributed by atoms with Gasteiger partial charge in [-0.2, -0.15) is 5.10 Å². The van der Waals surface area contributed by atoms with Crippen LogP contribution in [0.15, 0.2) is 16.9 Å². The Labute approximate surface area is 135 Å². The Morgan fingerprint density at radius 1 is 1.48 bits per heavy atom. The monoisotopic (exact) mass is 318 g/mol. The second-order valence-electron chi connectivity index (χ2n) is 5.84. The van der Waals surface area contributed by atoms with Crippen LogP contribution in [-0.4, -0.2) is 27.5 Å². The van der Waals surface area contributed by atoms with E-state index in [1.54, 1.807) is 6.20 Å². The number of hydrogen-bond acceptors (Lipinski definition) is 5. The van der Waals surface area contributed by atoms with E-state index in [1.807, 2.05) is 31.6 Å². The van der Waals surface area contributed by atoms with E-state index in [9.17, 15) is 4.79 Å². The Kier molecular flexibility index (Phi) is 4.47. The van der Waals surface area contributed by atoms with Gasteiger partial charge in [0.05, 0.1) is 23.9 Å². The van der Waals surface area contributed by atoms with Gasteiger partial charge in [-0.3, -0.25) is 9.48 Å². The maximum Gasteiger partial charge on any atom is 0.226 e. The van der Waals surface area contributed by atoms with Crippen LogP contribution in [0, 0.1) is 19.8 Å². The van der Waals surface area contributed by atoms with Crippen LogP contribution in [0.2, 0.25) is 0 Å². The number of nitrogens with zero attached hydrogens (tertiary/aromatic N) is 3. The third kappa shape index (κ3) is 3.14. The maximum atomic E-state index is 12.6. The molecule has 23 heavy (non-hydrogen) atoms. The fraction of sp³-hybridized carbons (Fsp3) is 0.562. The molecule has 1 aliphatic rings. The van der Waals surface area contributed by atoms with Crippen molar-refractivity contribution in [1.82, 2.24) is 20.3 Å². The summed E-state index contributed by atoms with van der Waals surface area (Å²) in [5, 5.41) is 11.2. The normalized spacial score (nSPS) is 20.8. The molecule has 0 aromatic carbocycles. The largest absolute Gasteiger partial charge is 0.373 e. The second kappa shape index (κ2) is 6.54. The molecule has 2 aromatic rings. The summed E-state index contributed by atoms with van der Waals surface area (Å²) in [5.41, 5.74) is 2.71. The predicted molar refractivity (Wildman–Crippen MR) is 82.5 cm³/mol. The highest BCUT2D eigenvalue weighted by Crippen LogP contribution is 2.34. The molecule has 2 aromatic heterocycles. The standard InChI is InChI=1S/C16H22N4O3/c1-4-20-9-12(7-18-20)15-13(5-6-22-15)16(21)17-8-14-10(2)19-23-11(14)3/h7,9,13,15H,4-6,8H2,1-3H3,(H,17,21)/t13-,15+/m0/s1. The zero-order chi connectivity index (χ0) is 16.4. The first-order valence-corrected chi connectivity index (χ1v) is 7.93. The zero-order valence-electron chi connectivity index (χ0n) is 13.7. The molecule has 124 valence electrons. The number of aryl methyl sites for hydroxylation is 3. The summed E-state index contributed by atoms with van der Waals surface area (Å²) in [4.78, 5) is 12.6. The molecule has 0 spiro atoms. The summed E-state index contributed by atoms with van der Waals surface area (Å²) >= 11 is 0. The highest BCUT2D eigenvalue weighted by atomic mass is 16.5. The topological polar surface area (TPSA) is 82.2 Å². The molecule has 0 bridgehead atoms. The molecule has 3 heterocycles. The minimum Gasteiger partial charge on any atom is -0.373 e. The van der Waals surface area contributed by atoms with Gasteiger partial charge in [0.2, 0.25) is 5.91 Å². The number of aromatic nitrogens is 3. The summed E-state index contributed by atoms with van der Waals surface area (Å²) in [7, 11) is 0. The van der Waals surface area contributed by atoms with Gasteiger partial charge in [-0.1, -0.05) is 5.16 Å². The molecule has 0 aliphatic carbocycles. The van der Waals surface area contributed by atoms with Gasteiger partial charge in [0.15, 0.2) is 0 Å². The highest BCUT2D eigenvalue weighted by Gasteiger charge is 2.36. The molecule has 7 nitrogen and oxygen atoms in total. The van der Waals surface area contributed by atoms with Crippen molar-refractivity contribution >= 4 is 5.91 Å². The number of amides is 1. The predicted octanol–water partition coefficient (Wildman–Crippen LogP) is 1.90. The van der Waals surface area contributed by atoms with Crippen LogP contribution in [-0.2, 0) is 22.6 Å². The molecule has 0 saturated carbocycles. The average molecular weight is 318 g/mol. The third-order valence-corrected chi connectivity index (χ3v) is 4.35. The Morgan fingerprint density at radius 3 is 2.96 bits per heavy atom. The van der Waals surface area contributed by atoms with Crippen molar-refractivity contribution in [2.24, 2.45) is 5.92 Å². The van der Waals surface area contributed by atoms with Gasteiger partial charge in [0.1, 0.15) is 5.76 Å². The van der Waals surface area contributed by atoms with Gasteiger partial charge >= 0.3 is 0 Å². The Hall–Kier alpha value is -2.15. The Bertz CT molecular complexity index is 672. The quantitative estimate of drug-likeness (QED) is 0.910. The molecule has 1 fully saturated rings. The van der Waals surface area contributed by atoms with Gasteiger partial charge in [-0.15, -0.1) is 0 Å². The van der Waals surface area contributed by atoms with Crippen molar-refractivity contribution in [2.45, 2.75) is 46.4 Å². The summed E-state index contributed by atoms with van der Waals surface area (Å²) < 4.78 is 12.7.